The van der Waals surface area contributed by atoms with E-state index >= 15 is 0 Å². The van der Waals surface area contributed by atoms with Crippen LogP contribution < -0.4 is 10.5 Å². The monoisotopic (exact) mass is 234 g/mol. The van der Waals surface area contributed by atoms with E-state index in [1.807, 2.05) is 13.0 Å². The van der Waals surface area contributed by atoms with Crippen molar-refractivity contribution in [1.82, 2.24) is 4.98 Å². The van der Waals surface area contributed by atoms with Crippen LogP contribution in [0.25, 0.3) is 0 Å². The van der Waals surface area contributed by atoms with Crippen LogP contribution in [0, 0.1) is 18.8 Å². The first-order chi connectivity index (χ1) is 8.04. The van der Waals surface area contributed by atoms with Gasteiger partial charge in [0.15, 0.2) is 0 Å². The van der Waals surface area contributed by atoms with Crippen LogP contribution >= 0.6 is 0 Å². The molecule has 0 radical (unpaired) electrons. The topological polar surface area (TPSA) is 48.1 Å². The lowest BCUT2D eigenvalue weighted by atomic mass is 9.82. The number of nitrogens with two attached hydrogens (primary N) is 1. The van der Waals surface area contributed by atoms with Gasteiger partial charge in [-0.25, -0.2) is 4.98 Å². The zero-order valence-electron chi connectivity index (χ0n) is 10.9. The third-order valence-corrected chi connectivity index (χ3v) is 3.46. The Morgan fingerprint density at radius 3 is 2.47 bits per heavy atom. The Kier molecular flexibility index (Phi) is 3.55. The maximum Gasteiger partial charge on any atom is 0.216 e. The molecule has 0 aromatic carbocycles. The molecule has 2 unspecified atom stereocenters. The lowest BCUT2D eigenvalue weighted by molar-refractivity contribution is 0.0960. The minimum Gasteiger partial charge on any atom is -0.474 e. The number of hydrogen-bond donors (Lipinski definition) is 1. The number of aromatic nitrogens is 1. The summed E-state index contributed by atoms with van der Waals surface area (Å²) in [6.07, 6.45) is 5.56. The molecule has 0 spiro atoms. The van der Waals surface area contributed by atoms with Crippen molar-refractivity contribution in [3.05, 3.63) is 17.8 Å². The van der Waals surface area contributed by atoms with E-state index in [1.165, 1.54) is 6.42 Å². The van der Waals surface area contributed by atoms with Gasteiger partial charge in [0.05, 0.1) is 11.9 Å². The Hall–Kier alpha value is -1.25. The average Bonchev–Trinajstić information content (AvgIpc) is 2.21. The molecule has 1 aromatic heterocycles. The number of aryl methyl sites for hydroxylation is 1. The molecule has 0 aliphatic heterocycles. The Morgan fingerprint density at radius 1 is 1.24 bits per heavy atom. The van der Waals surface area contributed by atoms with Gasteiger partial charge in [-0.3, -0.25) is 0 Å². The summed E-state index contributed by atoms with van der Waals surface area (Å²) in [6.45, 7) is 6.60. The van der Waals surface area contributed by atoms with Crippen LogP contribution in [0.4, 0.5) is 5.69 Å². The lowest BCUT2D eigenvalue weighted by Crippen LogP contribution is -2.29. The molecule has 0 amide bonds. The van der Waals surface area contributed by atoms with Gasteiger partial charge < -0.3 is 10.5 Å². The number of hydrogen-bond acceptors (Lipinski definition) is 3. The quantitative estimate of drug-likeness (QED) is 0.855. The molecular weight excluding hydrogens is 212 g/mol. The van der Waals surface area contributed by atoms with Crippen LogP contribution in [0.5, 0.6) is 5.88 Å². The molecular formula is C14H22N2O. The van der Waals surface area contributed by atoms with Crippen molar-refractivity contribution in [2.75, 3.05) is 5.73 Å². The van der Waals surface area contributed by atoms with E-state index in [2.05, 4.69) is 18.8 Å². The smallest absolute Gasteiger partial charge is 0.216 e. The molecule has 17 heavy (non-hydrogen) atoms. The van der Waals surface area contributed by atoms with Gasteiger partial charge in [0.1, 0.15) is 6.10 Å². The minimum atomic E-state index is 0.309. The van der Waals surface area contributed by atoms with Crippen LogP contribution in [0.3, 0.4) is 0 Å². The highest BCUT2D eigenvalue weighted by Crippen LogP contribution is 2.31. The van der Waals surface area contributed by atoms with E-state index in [9.17, 15) is 0 Å². The van der Waals surface area contributed by atoms with E-state index in [0.29, 0.717) is 11.8 Å². The van der Waals surface area contributed by atoms with Gasteiger partial charge >= 0.3 is 0 Å². The maximum absolute atomic E-state index is 6.02. The van der Waals surface area contributed by atoms with Crippen molar-refractivity contribution in [3.8, 4) is 5.88 Å². The van der Waals surface area contributed by atoms with Crippen LogP contribution in [0.2, 0.25) is 0 Å². The summed E-state index contributed by atoms with van der Waals surface area (Å²) >= 11 is 0. The molecule has 1 aliphatic rings. The normalized spacial score (nSPS) is 29.0. The first-order valence-corrected chi connectivity index (χ1v) is 6.43. The number of nitrogens with zero attached hydrogens (tertiary/aromatic N) is 1. The van der Waals surface area contributed by atoms with E-state index in [4.69, 9.17) is 10.5 Å². The van der Waals surface area contributed by atoms with Crippen LogP contribution in [-0.4, -0.2) is 11.1 Å². The van der Waals surface area contributed by atoms with Gasteiger partial charge in [-0.1, -0.05) is 13.8 Å². The first-order valence-electron chi connectivity index (χ1n) is 6.43. The molecule has 0 saturated heterocycles. The largest absolute Gasteiger partial charge is 0.474 e. The summed E-state index contributed by atoms with van der Waals surface area (Å²) in [5, 5.41) is 0. The summed E-state index contributed by atoms with van der Waals surface area (Å²) in [6, 6.07) is 1.91. The molecule has 0 bridgehead atoms. The lowest BCUT2D eigenvalue weighted by Gasteiger charge is -2.31. The summed E-state index contributed by atoms with van der Waals surface area (Å²) in [5.41, 5.74) is 7.41. The van der Waals surface area contributed by atoms with Crippen molar-refractivity contribution >= 4 is 5.69 Å². The number of rotatable bonds is 2. The predicted octanol–water partition coefficient (Wildman–Crippen LogP) is 3.18. The van der Waals surface area contributed by atoms with Crippen molar-refractivity contribution in [2.24, 2.45) is 11.8 Å². The summed E-state index contributed by atoms with van der Waals surface area (Å²) in [5.74, 6) is 2.24. The van der Waals surface area contributed by atoms with Gasteiger partial charge in [0.25, 0.3) is 0 Å². The van der Waals surface area contributed by atoms with Crippen molar-refractivity contribution in [2.45, 2.75) is 46.1 Å². The second-order valence-corrected chi connectivity index (χ2v) is 5.55. The van der Waals surface area contributed by atoms with E-state index < -0.39 is 0 Å². The highest BCUT2D eigenvalue weighted by molar-refractivity contribution is 5.41. The fraction of sp³-hybridized carbons (Fsp3) is 0.643. The molecule has 1 fully saturated rings. The maximum atomic E-state index is 6.02. The highest BCUT2D eigenvalue weighted by atomic mass is 16.5. The average molecular weight is 234 g/mol. The number of ether oxygens (including phenoxy) is 1. The molecule has 3 nitrogen and oxygen atoms in total. The van der Waals surface area contributed by atoms with Crippen molar-refractivity contribution in [1.29, 1.82) is 0 Å². The van der Waals surface area contributed by atoms with Gasteiger partial charge in [0, 0.05) is 5.56 Å². The fourth-order valence-corrected chi connectivity index (χ4v) is 2.83. The number of anilines is 1. The standard InChI is InChI=1S/C14H22N2O/c1-9-4-10(2)6-13(5-9)17-14-11(3)7-12(15)8-16-14/h7-10,13H,4-6,15H2,1-3H3. The van der Waals surface area contributed by atoms with Gasteiger partial charge in [-0.05, 0) is 44.1 Å². The van der Waals surface area contributed by atoms with Crippen LogP contribution in [0.15, 0.2) is 12.3 Å². The molecule has 1 saturated carbocycles. The Balaban J connectivity index is 2.04. The summed E-state index contributed by atoms with van der Waals surface area (Å²) in [4.78, 5) is 4.27. The van der Waals surface area contributed by atoms with Gasteiger partial charge in [-0.15, -0.1) is 0 Å². The summed E-state index contributed by atoms with van der Waals surface area (Å²) in [7, 11) is 0. The minimum absolute atomic E-state index is 0.309. The highest BCUT2D eigenvalue weighted by Gasteiger charge is 2.25. The second-order valence-electron chi connectivity index (χ2n) is 5.55. The molecule has 1 aromatic rings. The Bertz CT molecular complexity index is 382. The second kappa shape index (κ2) is 4.94. The SMILES string of the molecule is Cc1cc(N)cnc1OC1CC(C)CC(C)C1. The van der Waals surface area contributed by atoms with E-state index in [0.717, 1.165) is 36.1 Å². The Labute approximate surface area is 103 Å². The third-order valence-electron chi connectivity index (χ3n) is 3.46. The molecule has 2 N–H and O–H groups in total. The molecule has 2 rings (SSSR count). The zero-order valence-corrected chi connectivity index (χ0v) is 10.9. The van der Waals surface area contributed by atoms with E-state index in [1.54, 1.807) is 6.20 Å². The van der Waals surface area contributed by atoms with E-state index in [-0.39, 0.29) is 0 Å². The zero-order chi connectivity index (χ0) is 12.4. The molecule has 2 atom stereocenters. The fourth-order valence-electron chi connectivity index (χ4n) is 2.83. The predicted molar refractivity (Wildman–Crippen MR) is 70.0 cm³/mol. The molecule has 3 heteroatoms. The van der Waals surface area contributed by atoms with Crippen molar-refractivity contribution < 1.29 is 4.74 Å². The number of pyridine rings is 1. The molecule has 1 aliphatic carbocycles. The van der Waals surface area contributed by atoms with Gasteiger partial charge in [0.2, 0.25) is 5.88 Å². The third kappa shape index (κ3) is 3.11. The number of nitrogen functional groups attached to an aromatic ring is 1. The van der Waals surface area contributed by atoms with Crippen LogP contribution in [-0.2, 0) is 0 Å². The Morgan fingerprint density at radius 2 is 1.88 bits per heavy atom. The first kappa shape index (κ1) is 12.2. The van der Waals surface area contributed by atoms with Gasteiger partial charge in [-0.2, -0.15) is 0 Å². The molecule has 1 heterocycles. The van der Waals surface area contributed by atoms with Crippen molar-refractivity contribution in [3.63, 3.8) is 0 Å². The van der Waals surface area contributed by atoms with Crippen LogP contribution in [0.1, 0.15) is 38.7 Å². The molecule has 94 valence electrons. The summed E-state index contributed by atoms with van der Waals surface area (Å²) < 4.78 is 6.02.